The first-order valence-electron chi connectivity index (χ1n) is 13.4. The summed E-state index contributed by atoms with van der Waals surface area (Å²) in [6.07, 6.45) is 7.53. The molecule has 2 heterocycles. The molecule has 5 heteroatoms. The van der Waals surface area contributed by atoms with Gasteiger partial charge in [-0.2, -0.15) is 0 Å². The monoisotopic (exact) mass is 511 g/mol. The van der Waals surface area contributed by atoms with Crippen LogP contribution in [0.15, 0.2) is 79.1 Å². The summed E-state index contributed by atoms with van der Waals surface area (Å²) >= 11 is 0. The number of carbonyl (C=O) groups is 1. The fourth-order valence-electron chi connectivity index (χ4n) is 4.98. The van der Waals surface area contributed by atoms with Gasteiger partial charge >= 0.3 is 0 Å². The van der Waals surface area contributed by atoms with Crippen molar-refractivity contribution in [2.75, 3.05) is 18.0 Å². The number of anilines is 1. The lowest BCUT2D eigenvalue weighted by Crippen LogP contribution is -2.40. The first-order chi connectivity index (χ1) is 18.2. The molecule has 0 atom stereocenters. The highest BCUT2D eigenvalue weighted by Crippen LogP contribution is 2.33. The predicted octanol–water partition coefficient (Wildman–Crippen LogP) is 7.58. The van der Waals surface area contributed by atoms with Crippen LogP contribution in [0.25, 0.3) is 6.08 Å². The second-order valence-electron chi connectivity index (χ2n) is 10.6. The Hall–Kier alpha value is -3.73. The third-order valence-corrected chi connectivity index (χ3v) is 7.27. The van der Waals surface area contributed by atoms with Gasteiger partial charge in [0.2, 0.25) is 0 Å². The maximum Gasteiger partial charge on any atom is 0.255 e. The summed E-state index contributed by atoms with van der Waals surface area (Å²) in [7, 11) is 0. The number of aromatic nitrogens is 1. The molecular weight excluding hydrogens is 473 g/mol. The van der Waals surface area contributed by atoms with Crippen LogP contribution in [0, 0.1) is 31.5 Å². The number of carbonyl (C=O) groups excluding carboxylic acids is 1. The van der Waals surface area contributed by atoms with E-state index in [2.05, 4.69) is 61.5 Å². The van der Waals surface area contributed by atoms with Gasteiger partial charge in [0.25, 0.3) is 5.91 Å². The Balaban J connectivity index is 1.48. The molecule has 0 N–H and O–H groups in total. The molecule has 1 aromatic heterocycles. The zero-order valence-electron chi connectivity index (χ0n) is 23.0. The number of benzene rings is 2. The van der Waals surface area contributed by atoms with Crippen LogP contribution < -0.4 is 4.90 Å². The summed E-state index contributed by atoms with van der Waals surface area (Å²) in [4.78, 5) is 22.0. The summed E-state index contributed by atoms with van der Waals surface area (Å²) in [5.41, 5.74) is 6.66. The maximum atomic E-state index is 14.0. The molecule has 4 rings (SSSR count). The summed E-state index contributed by atoms with van der Waals surface area (Å²) in [6.45, 7) is 14.7. The number of hydrogen-bond donors (Lipinski definition) is 0. The van der Waals surface area contributed by atoms with E-state index in [4.69, 9.17) is 0 Å². The third-order valence-electron chi connectivity index (χ3n) is 7.27. The number of likely N-dealkylation sites (tertiary alicyclic amines) is 1. The van der Waals surface area contributed by atoms with Crippen LogP contribution in [0.2, 0.25) is 0 Å². The van der Waals surface area contributed by atoms with Gasteiger partial charge in [0.15, 0.2) is 0 Å². The fraction of sp³-hybridized carbons (Fsp3) is 0.333. The summed E-state index contributed by atoms with van der Waals surface area (Å²) in [5, 5.41) is 0. The molecule has 1 saturated heterocycles. The van der Waals surface area contributed by atoms with Gasteiger partial charge in [-0.25, -0.2) is 4.39 Å². The molecule has 1 fully saturated rings. The molecule has 38 heavy (non-hydrogen) atoms. The second-order valence-corrected chi connectivity index (χ2v) is 10.6. The molecule has 3 aromatic rings. The van der Waals surface area contributed by atoms with E-state index in [1.807, 2.05) is 36.1 Å². The molecule has 2 aromatic carbocycles. The SMILES string of the molecule is C=C(C1CCN(C(=O)c2cnc(C)c(/C=C\C(C)C)c2)CC1)N(Cc1cccc(F)c1)c1ccccc1C. The minimum absolute atomic E-state index is 0.0243. The van der Waals surface area contributed by atoms with Crippen LogP contribution in [0.4, 0.5) is 10.1 Å². The lowest BCUT2D eigenvalue weighted by Gasteiger charge is -2.38. The van der Waals surface area contributed by atoms with Gasteiger partial charge in [0.1, 0.15) is 5.82 Å². The number of piperidine rings is 1. The maximum absolute atomic E-state index is 14.0. The van der Waals surface area contributed by atoms with Crippen molar-refractivity contribution in [2.24, 2.45) is 11.8 Å². The van der Waals surface area contributed by atoms with E-state index in [0.717, 1.165) is 46.6 Å². The van der Waals surface area contributed by atoms with Crippen LogP contribution in [0.3, 0.4) is 0 Å². The molecular formula is C33H38FN3O. The Morgan fingerprint density at radius 1 is 1.13 bits per heavy atom. The molecule has 1 aliphatic heterocycles. The van der Waals surface area contributed by atoms with Crippen LogP contribution in [0.5, 0.6) is 0 Å². The van der Waals surface area contributed by atoms with Gasteiger partial charge in [-0.3, -0.25) is 9.78 Å². The third kappa shape index (κ3) is 6.58. The highest BCUT2D eigenvalue weighted by atomic mass is 19.1. The quantitative estimate of drug-likeness (QED) is 0.313. The van der Waals surface area contributed by atoms with E-state index in [9.17, 15) is 9.18 Å². The molecule has 0 spiro atoms. The number of hydrogen-bond acceptors (Lipinski definition) is 3. The Kier molecular flexibility index (Phi) is 8.77. The largest absolute Gasteiger partial charge is 0.341 e. The van der Waals surface area contributed by atoms with Crippen LogP contribution in [0.1, 0.15) is 59.4 Å². The van der Waals surface area contributed by atoms with Crippen molar-refractivity contribution in [3.63, 3.8) is 0 Å². The molecule has 0 radical (unpaired) electrons. The topological polar surface area (TPSA) is 36.4 Å². The van der Waals surface area contributed by atoms with Crippen LogP contribution >= 0.6 is 0 Å². The number of nitrogens with zero attached hydrogens (tertiary/aromatic N) is 3. The summed E-state index contributed by atoms with van der Waals surface area (Å²) in [6, 6.07) is 16.9. The lowest BCUT2D eigenvalue weighted by molar-refractivity contribution is 0.0701. The summed E-state index contributed by atoms with van der Waals surface area (Å²) in [5.74, 6) is 0.448. The molecule has 0 unspecified atom stereocenters. The van der Waals surface area contributed by atoms with Gasteiger partial charge in [-0.15, -0.1) is 0 Å². The molecule has 1 aliphatic rings. The smallest absolute Gasteiger partial charge is 0.255 e. The van der Waals surface area contributed by atoms with E-state index >= 15 is 0 Å². The normalized spacial score (nSPS) is 14.3. The minimum Gasteiger partial charge on any atom is -0.341 e. The fourth-order valence-corrected chi connectivity index (χ4v) is 4.98. The van der Waals surface area contributed by atoms with Crippen molar-refractivity contribution >= 4 is 17.7 Å². The average Bonchev–Trinajstić information content (AvgIpc) is 2.91. The van der Waals surface area contributed by atoms with Gasteiger partial charge < -0.3 is 9.80 Å². The van der Waals surface area contributed by atoms with Gasteiger partial charge in [-0.1, -0.05) is 62.9 Å². The average molecular weight is 512 g/mol. The van der Waals surface area contributed by atoms with Crippen LogP contribution in [-0.2, 0) is 6.54 Å². The molecule has 198 valence electrons. The molecule has 0 bridgehead atoms. The van der Waals surface area contributed by atoms with E-state index in [1.165, 1.54) is 6.07 Å². The Labute approximate surface area is 226 Å². The van der Waals surface area contributed by atoms with Crippen molar-refractivity contribution < 1.29 is 9.18 Å². The highest BCUT2D eigenvalue weighted by Gasteiger charge is 2.28. The second kappa shape index (κ2) is 12.2. The van der Waals surface area contributed by atoms with Crippen molar-refractivity contribution in [1.29, 1.82) is 0 Å². The molecule has 4 nitrogen and oxygen atoms in total. The van der Waals surface area contributed by atoms with Crippen molar-refractivity contribution in [2.45, 2.75) is 47.1 Å². The minimum atomic E-state index is -0.238. The van der Waals surface area contributed by atoms with E-state index < -0.39 is 0 Å². The number of para-hydroxylation sites is 1. The zero-order valence-corrected chi connectivity index (χ0v) is 23.0. The van der Waals surface area contributed by atoms with E-state index in [-0.39, 0.29) is 17.6 Å². The summed E-state index contributed by atoms with van der Waals surface area (Å²) < 4.78 is 14.0. The van der Waals surface area contributed by atoms with Crippen molar-refractivity contribution in [1.82, 2.24) is 9.88 Å². The van der Waals surface area contributed by atoms with Gasteiger partial charge in [0.05, 0.1) is 5.56 Å². The van der Waals surface area contributed by atoms with Crippen molar-refractivity contribution in [3.8, 4) is 0 Å². The predicted molar refractivity (Wildman–Crippen MR) is 154 cm³/mol. The molecule has 0 aliphatic carbocycles. The number of amides is 1. The zero-order chi connectivity index (χ0) is 27.2. The van der Waals surface area contributed by atoms with E-state index in [0.29, 0.717) is 31.1 Å². The number of pyridine rings is 1. The lowest BCUT2D eigenvalue weighted by atomic mass is 9.92. The highest BCUT2D eigenvalue weighted by molar-refractivity contribution is 5.94. The van der Waals surface area contributed by atoms with Crippen LogP contribution in [-0.4, -0.2) is 28.9 Å². The van der Waals surface area contributed by atoms with Gasteiger partial charge in [0, 0.05) is 48.8 Å². The molecule has 1 amide bonds. The Morgan fingerprint density at radius 2 is 1.87 bits per heavy atom. The van der Waals surface area contributed by atoms with Gasteiger partial charge in [-0.05, 0) is 73.6 Å². The van der Waals surface area contributed by atoms with E-state index in [1.54, 1.807) is 18.3 Å². The van der Waals surface area contributed by atoms with Crippen molar-refractivity contribution in [3.05, 3.63) is 113 Å². The number of allylic oxidation sites excluding steroid dienone is 2. The Morgan fingerprint density at radius 3 is 2.55 bits per heavy atom. The number of halogens is 1. The standard InChI is InChI=1S/C33H38FN3O/c1-23(2)13-14-29-20-30(21-35-25(29)4)33(38)36-17-15-28(16-18-36)26(5)37(32-12-7-6-9-24(32)3)22-27-10-8-11-31(34)19-27/h6-14,19-21,23,28H,5,15-18,22H2,1-4H3/b14-13-. The molecule has 0 saturated carbocycles. The first kappa shape index (κ1) is 27.3. The number of aryl methyl sites for hydroxylation is 2. The number of rotatable bonds is 8. The first-order valence-corrected chi connectivity index (χ1v) is 13.4. The Bertz CT molecular complexity index is 1320.